The maximum Gasteiger partial charge on any atom is 0.223 e. The lowest BCUT2D eigenvalue weighted by Gasteiger charge is -2.35. The van der Waals surface area contributed by atoms with Crippen LogP contribution in [0.5, 0.6) is 0 Å². The van der Waals surface area contributed by atoms with Gasteiger partial charge < -0.3 is 4.90 Å². The van der Waals surface area contributed by atoms with Crippen LogP contribution in [0, 0.1) is 0 Å². The minimum absolute atomic E-state index is 0.290. The molecule has 2 rings (SSSR count). The van der Waals surface area contributed by atoms with Crippen LogP contribution in [0.15, 0.2) is 30.3 Å². The normalized spacial score (nSPS) is 19.4. The van der Waals surface area contributed by atoms with Crippen LogP contribution >= 0.6 is 11.6 Å². The lowest BCUT2D eigenvalue weighted by Crippen LogP contribution is -2.44. The minimum Gasteiger partial charge on any atom is -0.340 e. The molecule has 19 heavy (non-hydrogen) atoms. The summed E-state index contributed by atoms with van der Waals surface area (Å²) in [7, 11) is 0. The zero-order valence-corrected chi connectivity index (χ0v) is 12.1. The first-order valence-electron chi connectivity index (χ1n) is 7.20. The van der Waals surface area contributed by atoms with Gasteiger partial charge in [0.25, 0.3) is 0 Å². The van der Waals surface area contributed by atoms with Gasteiger partial charge in [-0.25, -0.2) is 0 Å². The Hall–Kier alpha value is -1.02. The number of piperidine rings is 1. The van der Waals surface area contributed by atoms with E-state index in [2.05, 4.69) is 17.0 Å². The summed E-state index contributed by atoms with van der Waals surface area (Å²) in [6, 6.07) is 10.6. The van der Waals surface area contributed by atoms with Crippen molar-refractivity contribution in [3.8, 4) is 0 Å². The monoisotopic (exact) mass is 279 g/mol. The molecule has 3 heteroatoms. The van der Waals surface area contributed by atoms with E-state index in [4.69, 9.17) is 11.6 Å². The summed E-state index contributed by atoms with van der Waals surface area (Å²) in [5.74, 6) is 0.936. The maximum atomic E-state index is 12.3. The second-order valence-electron chi connectivity index (χ2n) is 5.20. The van der Waals surface area contributed by atoms with Crippen LogP contribution in [0.3, 0.4) is 0 Å². The summed E-state index contributed by atoms with van der Waals surface area (Å²) >= 11 is 5.84. The number of carbonyl (C=O) groups excluding carboxylic acids is 1. The highest BCUT2D eigenvalue weighted by Gasteiger charge is 2.25. The van der Waals surface area contributed by atoms with Gasteiger partial charge in [0.15, 0.2) is 0 Å². The molecular weight excluding hydrogens is 258 g/mol. The third-order valence-corrected chi connectivity index (χ3v) is 4.08. The molecule has 0 aromatic heterocycles. The number of hydrogen-bond acceptors (Lipinski definition) is 1. The molecule has 1 amide bonds. The van der Waals surface area contributed by atoms with E-state index in [0.29, 0.717) is 24.2 Å². The predicted octanol–water partition coefficient (Wildman–Crippen LogP) is 3.63. The number of carbonyl (C=O) groups is 1. The van der Waals surface area contributed by atoms with Gasteiger partial charge in [-0.2, -0.15) is 0 Å². The quantitative estimate of drug-likeness (QED) is 0.754. The van der Waals surface area contributed by atoms with Gasteiger partial charge in [0.2, 0.25) is 5.91 Å². The SMILES string of the molecule is O=C(CCc1ccccc1)N1CCCCC1CCCl. The number of benzene rings is 1. The summed E-state index contributed by atoms with van der Waals surface area (Å²) in [4.78, 5) is 14.4. The molecule has 0 spiro atoms. The van der Waals surface area contributed by atoms with Crippen LogP contribution in [0.2, 0.25) is 0 Å². The molecule has 1 heterocycles. The van der Waals surface area contributed by atoms with Crippen LogP contribution in [0.1, 0.15) is 37.7 Å². The molecule has 2 nitrogen and oxygen atoms in total. The number of hydrogen-bond donors (Lipinski definition) is 0. The largest absolute Gasteiger partial charge is 0.340 e. The van der Waals surface area contributed by atoms with E-state index in [-0.39, 0.29) is 0 Å². The molecule has 1 saturated heterocycles. The van der Waals surface area contributed by atoms with E-state index in [1.54, 1.807) is 0 Å². The Kier molecular flexibility index (Phi) is 5.71. The van der Waals surface area contributed by atoms with Crippen LogP contribution in [0.4, 0.5) is 0 Å². The van der Waals surface area contributed by atoms with Crippen LogP contribution < -0.4 is 0 Å². The van der Waals surface area contributed by atoms with Crippen molar-refractivity contribution in [2.75, 3.05) is 12.4 Å². The van der Waals surface area contributed by atoms with Gasteiger partial charge in [0.1, 0.15) is 0 Å². The Balaban J connectivity index is 1.87. The topological polar surface area (TPSA) is 20.3 Å². The first kappa shape index (κ1) is 14.4. The Morgan fingerprint density at radius 2 is 2.05 bits per heavy atom. The molecule has 1 aliphatic rings. The summed E-state index contributed by atoms with van der Waals surface area (Å²) in [6.07, 6.45) is 5.86. The summed E-state index contributed by atoms with van der Waals surface area (Å²) in [6.45, 7) is 0.912. The van der Waals surface area contributed by atoms with Gasteiger partial charge in [0, 0.05) is 24.9 Å². The van der Waals surface area contributed by atoms with E-state index < -0.39 is 0 Å². The molecule has 1 aromatic rings. The summed E-state index contributed by atoms with van der Waals surface area (Å²) < 4.78 is 0. The second kappa shape index (κ2) is 7.54. The summed E-state index contributed by atoms with van der Waals surface area (Å²) in [5, 5.41) is 0. The van der Waals surface area contributed by atoms with E-state index in [9.17, 15) is 4.79 Å². The number of nitrogens with zero attached hydrogens (tertiary/aromatic N) is 1. The van der Waals surface area contributed by atoms with Gasteiger partial charge >= 0.3 is 0 Å². The molecular formula is C16H22ClNO. The minimum atomic E-state index is 0.290. The predicted molar refractivity (Wildman–Crippen MR) is 79.5 cm³/mol. The fraction of sp³-hybridized carbons (Fsp3) is 0.562. The Morgan fingerprint density at radius 1 is 1.26 bits per heavy atom. The van der Waals surface area contributed by atoms with Crippen molar-refractivity contribution in [3.63, 3.8) is 0 Å². The first-order valence-corrected chi connectivity index (χ1v) is 7.74. The van der Waals surface area contributed by atoms with Gasteiger partial charge in [-0.3, -0.25) is 4.79 Å². The highest BCUT2D eigenvalue weighted by Crippen LogP contribution is 2.21. The third-order valence-electron chi connectivity index (χ3n) is 3.86. The van der Waals surface area contributed by atoms with Crippen LogP contribution in [0.25, 0.3) is 0 Å². The second-order valence-corrected chi connectivity index (χ2v) is 5.58. The van der Waals surface area contributed by atoms with E-state index in [1.807, 2.05) is 18.2 Å². The molecule has 1 aromatic carbocycles. The van der Waals surface area contributed by atoms with Crippen LogP contribution in [-0.2, 0) is 11.2 Å². The fourth-order valence-corrected chi connectivity index (χ4v) is 3.05. The van der Waals surface area contributed by atoms with Gasteiger partial charge in [-0.15, -0.1) is 11.6 Å². The number of halogens is 1. The number of rotatable bonds is 5. The van der Waals surface area contributed by atoms with Gasteiger partial charge in [0.05, 0.1) is 0 Å². The number of amides is 1. The molecule has 0 N–H and O–H groups in total. The van der Waals surface area contributed by atoms with Crippen molar-refractivity contribution in [2.24, 2.45) is 0 Å². The molecule has 0 radical (unpaired) electrons. The zero-order chi connectivity index (χ0) is 13.5. The van der Waals surface area contributed by atoms with Gasteiger partial charge in [-0.05, 0) is 37.7 Å². The first-order chi connectivity index (χ1) is 9.31. The molecule has 1 fully saturated rings. The van der Waals surface area contributed by atoms with Crippen LogP contribution in [-0.4, -0.2) is 29.3 Å². The Morgan fingerprint density at radius 3 is 2.79 bits per heavy atom. The molecule has 0 bridgehead atoms. The lowest BCUT2D eigenvalue weighted by atomic mass is 9.99. The number of alkyl halides is 1. The molecule has 1 unspecified atom stereocenters. The Bertz CT molecular complexity index is 391. The van der Waals surface area contributed by atoms with Crippen molar-refractivity contribution in [2.45, 2.75) is 44.6 Å². The van der Waals surface area contributed by atoms with E-state index in [0.717, 1.165) is 32.2 Å². The third kappa shape index (κ3) is 4.24. The van der Waals surface area contributed by atoms with E-state index in [1.165, 1.54) is 12.0 Å². The molecule has 0 aliphatic carbocycles. The standard InChI is InChI=1S/C16H22ClNO/c17-12-11-15-8-4-5-13-18(15)16(19)10-9-14-6-2-1-3-7-14/h1-3,6-7,15H,4-5,8-13H2. The average Bonchev–Trinajstić information content (AvgIpc) is 2.47. The molecule has 104 valence electrons. The number of aryl methyl sites for hydroxylation is 1. The number of likely N-dealkylation sites (tertiary alicyclic amines) is 1. The maximum absolute atomic E-state index is 12.3. The zero-order valence-electron chi connectivity index (χ0n) is 11.4. The van der Waals surface area contributed by atoms with Crippen molar-refractivity contribution >= 4 is 17.5 Å². The average molecular weight is 280 g/mol. The van der Waals surface area contributed by atoms with Crippen molar-refractivity contribution < 1.29 is 4.79 Å². The van der Waals surface area contributed by atoms with E-state index >= 15 is 0 Å². The summed E-state index contributed by atoms with van der Waals surface area (Å²) in [5.41, 5.74) is 1.24. The molecule has 0 saturated carbocycles. The highest BCUT2D eigenvalue weighted by molar-refractivity contribution is 6.17. The highest BCUT2D eigenvalue weighted by atomic mass is 35.5. The smallest absolute Gasteiger partial charge is 0.223 e. The van der Waals surface area contributed by atoms with Crippen molar-refractivity contribution in [3.05, 3.63) is 35.9 Å². The molecule has 1 atom stereocenters. The lowest BCUT2D eigenvalue weighted by molar-refractivity contribution is -0.134. The van der Waals surface area contributed by atoms with Crippen molar-refractivity contribution in [1.82, 2.24) is 4.90 Å². The Labute approximate surface area is 120 Å². The molecule has 1 aliphatic heterocycles. The fourth-order valence-electron chi connectivity index (χ4n) is 2.79. The van der Waals surface area contributed by atoms with Crippen molar-refractivity contribution in [1.29, 1.82) is 0 Å². The van der Waals surface area contributed by atoms with Gasteiger partial charge in [-0.1, -0.05) is 30.3 Å².